The Balaban J connectivity index is 2.35. The van der Waals surface area contributed by atoms with E-state index in [1.54, 1.807) is 42.5 Å². The van der Waals surface area contributed by atoms with Gasteiger partial charge in [0.15, 0.2) is 11.5 Å². The lowest BCUT2D eigenvalue weighted by molar-refractivity contribution is -0.112. The average Bonchev–Trinajstić information content (AvgIpc) is 2.67. The van der Waals surface area contributed by atoms with Crippen LogP contribution in [0.25, 0.3) is 6.08 Å². The van der Waals surface area contributed by atoms with Gasteiger partial charge in [-0.1, -0.05) is 36.4 Å². The summed E-state index contributed by atoms with van der Waals surface area (Å²) in [5.41, 5.74) is 0.959. The first-order chi connectivity index (χ1) is 13.5. The molecule has 0 unspecified atom stereocenters. The summed E-state index contributed by atoms with van der Waals surface area (Å²) < 4.78 is 11.9. The first kappa shape index (κ1) is 21.5. The number of anilines is 1. The molecule has 0 aliphatic rings. The Morgan fingerprint density at radius 3 is 2.75 bits per heavy atom. The molecule has 0 heterocycles. The number of amides is 1. The van der Waals surface area contributed by atoms with Gasteiger partial charge >= 0.3 is 0 Å². The topological polar surface area (TPSA) is 71.3 Å². The van der Waals surface area contributed by atoms with Crippen molar-refractivity contribution in [2.45, 2.75) is 6.92 Å². The molecule has 2 aromatic rings. The Hall–Kier alpha value is -2.75. The fraction of sp³-hybridized carbons (Fsp3) is 0.143. The van der Waals surface area contributed by atoms with Gasteiger partial charge in [0.2, 0.25) is 0 Å². The van der Waals surface area contributed by atoms with E-state index in [0.29, 0.717) is 45.5 Å². The molecule has 0 aromatic heterocycles. The van der Waals surface area contributed by atoms with E-state index >= 15 is 0 Å². The van der Waals surface area contributed by atoms with E-state index in [2.05, 4.69) is 27.8 Å². The number of carbonyl (C=O) groups excluding carboxylic acids is 1. The first-order valence-corrected chi connectivity index (χ1v) is 9.55. The number of carbonyl (C=O) groups is 1. The van der Waals surface area contributed by atoms with Crippen LogP contribution in [0.15, 0.2) is 59.1 Å². The molecule has 2 rings (SSSR count). The van der Waals surface area contributed by atoms with E-state index in [-0.39, 0.29) is 5.57 Å². The molecule has 0 aliphatic heterocycles. The van der Waals surface area contributed by atoms with Crippen molar-refractivity contribution in [2.24, 2.45) is 0 Å². The van der Waals surface area contributed by atoms with Crippen molar-refractivity contribution in [2.75, 3.05) is 18.5 Å². The number of ether oxygens (including phenoxy) is 2. The fourth-order valence-corrected chi connectivity index (χ4v) is 3.04. The summed E-state index contributed by atoms with van der Waals surface area (Å²) in [5.74, 6) is 0.461. The lowest BCUT2D eigenvalue weighted by Crippen LogP contribution is -2.13. The van der Waals surface area contributed by atoms with Crippen LogP contribution >= 0.6 is 27.5 Å². The predicted octanol–water partition coefficient (Wildman–Crippen LogP) is 5.61. The molecule has 2 aromatic carbocycles. The maximum absolute atomic E-state index is 12.5. The summed E-state index contributed by atoms with van der Waals surface area (Å²) in [5, 5.41) is 12.4. The molecule has 0 fully saturated rings. The van der Waals surface area contributed by atoms with E-state index in [4.69, 9.17) is 21.1 Å². The van der Waals surface area contributed by atoms with Crippen molar-refractivity contribution in [3.63, 3.8) is 0 Å². The highest BCUT2D eigenvalue weighted by Crippen LogP contribution is 2.37. The summed E-state index contributed by atoms with van der Waals surface area (Å²) >= 11 is 9.49. The largest absolute Gasteiger partial charge is 0.490 e. The van der Waals surface area contributed by atoms with Crippen LogP contribution < -0.4 is 14.8 Å². The molecule has 0 radical (unpaired) electrons. The Morgan fingerprint density at radius 2 is 2.11 bits per heavy atom. The zero-order chi connectivity index (χ0) is 20.5. The Kier molecular flexibility index (Phi) is 8.12. The Morgan fingerprint density at radius 1 is 1.36 bits per heavy atom. The zero-order valence-corrected chi connectivity index (χ0v) is 17.5. The molecule has 0 atom stereocenters. The van der Waals surface area contributed by atoms with Crippen molar-refractivity contribution in [1.29, 1.82) is 5.26 Å². The highest BCUT2D eigenvalue weighted by molar-refractivity contribution is 9.10. The second-order valence-electron chi connectivity index (χ2n) is 5.47. The highest BCUT2D eigenvalue weighted by atomic mass is 79.9. The third kappa shape index (κ3) is 5.62. The van der Waals surface area contributed by atoms with E-state index in [9.17, 15) is 10.1 Å². The van der Waals surface area contributed by atoms with Crippen LogP contribution in [0.5, 0.6) is 11.5 Å². The molecular formula is C21H18BrClN2O3. The molecule has 28 heavy (non-hydrogen) atoms. The van der Waals surface area contributed by atoms with Gasteiger partial charge in [0.25, 0.3) is 5.91 Å². The van der Waals surface area contributed by atoms with Crippen LogP contribution in [0.2, 0.25) is 5.02 Å². The molecule has 5 nitrogen and oxygen atoms in total. The quantitative estimate of drug-likeness (QED) is 0.315. The number of nitrogens with zero attached hydrogens (tertiary/aromatic N) is 1. The van der Waals surface area contributed by atoms with Gasteiger partial charge < -0.3 is 14.8 Å². The van der Waals surface area contributed by atoms with Crippen LogP contribution in [0.3, 0.4) is 0 Å². The molecule has 0 aliphatic carbocycles. The predicted molar refractivity (Wildman–Crippen MR) is 115 cm³/mol. The minimum Gasteiger partial charge on any atom is -0.490 e. The number of hydrogen-bond donors (Lipinski definition) is 1. The lowest BCUT2D eigenvalue weighted by Gasteiger charge is -2.14. The molecule has 0 saturated carbocycles. The fourth-order valence-electron chi connectivity index (χ4n) is 2.28. The summed E-state index contributed by atoms with van der Waals surface area (Å²) in [6.45, 7) is 6.23. The molecule has 1 N–H and O–H groups in total. The monoisotopic (exact) mass is 460 g/mol. The number of benzene rings is 2. The van der Waals surface area contributed by atoms with Crippen molar-refractivity contribution in [3.05, 3.63) is 69.7 Å². The average molecular weight is 462 g/mol. The summed E-state index contributed by atoms with van der Waals surface area (Å²) in [4.78, 5) is 12.5. The number of halogens is 2. The van der Waals surface area contributed by atoms with Crippen LogP contribution in [-0.2, 0) is 4.79 Å². The van der Waals surface area contributed by atoms with Crippen LogP contribution in [-0.4, -0.2) is 19.1 Å². The molecule has 1 amide bonds. The summed E-state index contributed by atoms with van der Waals surface area (Å²) in [6, 6.07) is 12.2. The van der Waals surface area contributed by atoms with Gasteiger partial charge in [-0.25, -0.2) is 0 Å². The number of para-hydroxylation sites is 1. The lowest BCUT2D eigenvalue weighted by atomic mass is 10.1. The van der Waals surface area contributed by atoms with Gasteiger partial charge in [-0.2, -0.15) is 5.26 Å². The van der Waals surface area contributed by atoms with E-state index in [1.165, 1.54) is 6.08 Å². The second kappa shape index (κ2) is 10.5. The van der Waals surface area contributed by atoms with Gasteiger partial charge in [0.05, 0.1) is 21.8 Å². The van der Waals surface area contributed by atoms with Gasteiger partial charge in [0.1, 0.15) is 18.2 Å². The number of rotatable bonds is 8. The maximum atomic E-state index is 12.5. The second-order valence-corrected chi connectivity index (χ2v) is 6.73. The molecule has 0 bridgehead atoms. The minimum atomic E-state index is -0.559. The molecule has 144 valence electrons. The summed E-state index contributed by atoms with van der Waals surface area (Å²) in [6.07, 6.45) is 3.10. The third-order valence-electron chi connectivity index (χ3n) is 3.48. The highest BCUT2D eigenvalue weighted by Gasteiger charge is 2.15. The standard InChI is InChI=1S/C21H18BrClN2O3/c1-3-9-28-20-16(22)11-14(12-19(20)27-4-2)10-15(13-24)21(26)25-18-8-6-5-7-17(18)23/h3,5-8,10-12H,1,4,9H2,2H3,(H,25,26)/b15-10+. The molecular weight excluding hydrogens is 444 g/mol. The van der Waals surface area contributed by atoms with E-state index < -0.39 is 5.91 Å². The first-order valence-electron chi connectivity index (χ1n) is 8.37. The van der Waals surface area contributed by atoms with Crippen LogP contribution in [0.4, 0.5) is 5.69 Å². The molecule has 7 heteroatoms. The van der Waals surface area contributed by atoms with Crippen LogP contribution in [0, 0.1) is 11.3 Å². The van der Waals surface area contributed by atoms with Crippen molar-refractivity contribution >= 4 is 45.2 Å². The SMILES string of the molecule is C=CCOc1c(Br)cc(/C=C(\C#N)C(=O)Nc2ccccc2Cl)cc1OCC. The third-order valence-corrected chi connectivity index (χ3v) is 4.39. The Labute approximate surface area is 177 Å². The number of hydrogen-bond acceptors (Lipinski definition) is 4. The van der Waals surface area contributed by atoms with Gasteiger partial charge in [-0.05, 0) is 58.8 Å². The minimum absolute atomic E-state index is 0.0750. The molecule has 0 spiro atoms. The van der Waals surface area contributed by atoms with Gasteiger partial charge in [0, 0.05) is 0 Å². The zero-order valence-electron chi connectivity index (χ0n) is 15.2. The van der Waals surface area contributed by atoms with Gasteiger partial charge in [-0.15, -0.1) is 0 Å². The normalized spacial score (nSPS) is 10.7. The molecule has 0 saturated heterocycles. The van der Waals surface area contributed by atoms with Crippen LogP contribution in [0.1, 0.15) is 12.5 Å². The van der Waals surface area contributed by atoms with E-state index in [0.717, 1.165) is 0 Å². The number of nitriles is 1. The van der Waals surface area contributed by atoms with Crippen molar-refractivity contribution in [3.8, 4) is 17.6 Å². The van der Waals surface area contributed by atoms with Crippen molar-refractivity contribution in [1.82, 2.24) is 0 Å². The smallest absolute Gasteiger partial charge is 0.266 e. The number of nitrogens with one attached hydrogen (secondary N) is 1. The summed E-state index contributed by atoms with van der Waals surface area (Å²) in [7, 11) is 0. The van der Waals surface area contributed by atoms with Crippen molar-refractivity contribution < 1.29 is 14.3 Å². The maximum Gasteiger partial charge on any atom is 0.266 e. The van der Waals surface area contributed by atoms with Gasteiger partial charge in [-0.3, -0.25) is 4.79 Å². The van der Waals surface area contributed by atoms with E-state index in [1.807, 2.05) is 13.0 Å². The Bertz CT molecular complexity index is 951.